The van der Waals surface area contributed by atoms with Gasteiger partial charge in [0.05, 0.1) is 5.02 Å². The number of hydrogen-bond acceptors (Lipinski definition) is 4. The molecule has 1 N–H and O–H groups in total. The highest BCUT2D eigenvalue weighted by molar-refractivity contribution is 6.32. The van der Waals surface area contributed by atoms with Crippen LogP contribution in [0, 0.1) is 0 Å². The monoisotopic (exact) mass is 307 g/mol. The van der Waals surface area contributed by atoms with Crippen molar-refractivity contribution < 1.29 is 9.47 Å². The fraction of sp³-hybridized carbons (Fsp3) is 0.400. The average molecular weight is 308 g/mol. The minimum absolute atomic E-state index is 0.550. The molecule has 1 aliphatic rings. The van der Waals surface area contributed by atoms with Crippen LogP contribution in [0.1, 0.15) is 11.4 Å². The smallest absolute Gasteiger partial charge is 0.179 e. The second kappa shape index (κ2) is 6.37. The van der Waals surface area contributed by atoms with Gasteiger partial charge in [0.25, 0.3) is 0 Å². The number of rotatable bonds is 5. The molecule has 0 aliphatic carbocycles. The van der Waals surface area contributed by atoms with Crippen LogP contribution in [-0.4, -0.2) is 29.3 Å². The van der Waals surface area contributed by atoms with Gasteiger partial charge in [-0.1, -0.05) is 11.6 Å². The zero-order valence-electron chi connectivity index (χ0n) is 11.9. The molecular formula is C15H18ClN3O2. The van der Waals surface area contributed by atoms with Gasteiger partial charge < -0.3 is 19.4 Å². The van der Waals surface area contributed by atoms with Gasteiger partial charge in [-0.25, -0.2) is 4.98 Å². The first-order valence-corrected chi connectivity index (χ1v) is 7.37. The lowest BCUT2D eigenvalue weighted by atomic mass is 10.2. The molecule has 3 rings (SSSR count). The standard InChI is InChI=1S/C15H18ClN3O2/c1-19-5-4-18-14(19)2-3-17-10-11-8-12(16)15-13(9-11)20-6-7-21-15/h4-5,8-9,17H,2-3,6-7,10H2,1H3. The van der Waals surface area contributed by atoms with Gasteiger partial charge in [-0.15, -0.1) is 0 Å². The Morgan fingerprint density at radius 1 is 1.33 bits per heavy atom. The molecule has 0 saturated heterocycles. The SMILES string of the molecule is Cn1ccnc1CCNCc1cc(Cl)c2c(c1)OCCO2. The van der Waals surface area contributed by atoms with E-state index in [2.05, 4.69) is 10.3 Å². The highest BCUT2D eigenvalue weighted by Crippen LogP contribution is 2.38. The highest BCUT2D eigenvalue weighted by atomic mass is 35.5. The third-order valence-electron chi connectivity index (χ3n) is 3.43. The molecule has 1 aromatic heterocycles. The summed E-state index contributed by atoms with van der Waals surface area (Å²) in [6.07, 6.45) is 4.66. The summed E-state index contributed by atoms with van der Waals surface area (Å²) in [4.78, 5) is 4.30. The van der Waals surface area contributed by atoms with E-state index in [0.29, 0.717) is 24.0 Å². The Morgan fingerprint density at radius 2 is 2.19 bits per heavy atom. The summed E-state index contributed by atoms with van der Waals surface area (Å²) < 4.78 is 13.1. The second-order valence-corrected chi connectivity index (χ2v) is 5.39. The molecule has 0 bridgehead atoms. The number of aryl methyl sites for hydroxylation is 1. The molecule has 0 amide bonds. The van der Waals surface area contributed by atoms with Crippen molar-refractivity contribution in [1.82, 2.24) is 14.9 Å². The summed E-state index contributed by atoms with van der Waals surface area (Å²) >= 11 is 6.22. The van der Waals surface area contributed by atoms with Gasteiger partial charge >= 0.3 is 0 Å². The van der Waals surface area contributed by atoms with Crippen LogP contribution in [0.25, 0.3) is 0 Å². The molecule has 0 unspecified atom stereocenters. The molecule has 0 fully saturated rings. The van der Waals surface area contributed by atoms with Crippen molar-refractivity contribution in [2.45, 2.75) is 13.0 Å². The first-order valence-electron chi connectivity index (χ1n) is 6.99. The summed E-state index contributed by atoms with van der Waals surface area (Å²) in [7, 11) is 2.00. The zero-order valence-corrected chi connectivity index (χ0v) is 12.7. The highest BCUT2D eigenvalue weighted by Gasteiger charge is 2.16. The number of nitrogens with one attached hydrogen (secondary N) is 1. The van der Waals surface area contributed by atoms with Crippen LogP contribution in [0.4, 0.5) is 0 Å². The summed E-state index contributed by atoms with van der Waals surface area (Å²) in [5, 5.41) is 4.00. The van der Waals surface area contributed by atoms with Gasteiger partial charge in [0.2, 0.25) is 0 Å². The summed E-state index contributed by atoms with van der Waals surface area (Å²) in [6.45, 7) is 2.71. The van der Waals surface area contributed by atoms with Gasteiger partial charge in [0, 0.05) is 39.0 Å². The molecule has 6 heteroatoms. The lowest BCUT2D eigenvalue weighted by molar-refractivity contribution is 0.171. The molecule has 0 spiro atoms. The predicted octanol–water partition coefficient (Wildman–Crippen LogP) is 2.18. The number of halogens is 1. The van der Waals surface area contributed by atoms with Crippen LogP contribution < -0.4 is 14.8 Å². The normalized spacial score (nSPS) is 13.4. The van der Waals surface area contributed by atoms with E-state index in [0.717, 1.165) is 36.6 Å². The lowest BCUT2D eigenvalue weighted by Gasteiger charge is -2.20. The number of imidazole rings is 1. The quantitative estimate of drug-likeness (QED) is 0.860. The van der Waals surface area contributed by atoms with Gasteiger partial charge in [-0.2, -0.15) is 0 Å². The van der Waals surface area contributed by atoms with E-state index < -0.39 is 0 Å². The van der Waals surface area contributed by atoms with Gasteiger partial charge in [-0.05, 0) is 17.7 Å². The third-order valence-corrected chi connectivity index (χ3v) is 3.71. The number of benzene rings is 1. The Bertz CT molecular complexity index is 627. The van der Waals surface area contributed by atoms with Crippen LogP contribution in [-0.2, 0) is 20.0 Å². The number of nitrogens with zero attached hydrogens (tertiary/aromatic N) is 2. The van der Waals surface area contributed by atoms with Crippen molar-refractivity contribution >= 4 is 11.6 Å². The van der Waals surface area contributed by atoms with Gasteiger partial charge in [-0.3, -0.25) is 0 Å². The van der Waals surface area contributed by atoms with Crippen molar-refractivity contribution in [2.24, 2.45) is 7.05 Å². The van der Waals surface area contributed by atoms with E-state index in [9.17, 15) is 0 Å². The minimum Gasteiger partial charge on any atom is -0.486 e. The third kappa shape index (κ3) is 3.31. The van der Waals surface area contributed by atoms with E-state index >= 15 is 0 Å². The molecule has 1 aromatic carbocycles. The topological polar surface area (TPSA) is 48.3 Å². The largest absolute Gasteiger partial charge is 0.486 e. The van der Waals surface area contributed by atoms with E-state index in [1.165, 1.54) is 0 Å². The molecular weight excluding hydrogens is 290 g/mol. The summed E-state index contributed by atoms with van der Waals surface area (Å²) in [6, 6.07) is 3.90. The fourth-order valence-electron chi connectivity index (χ4n) is 2.34. The van der Waals surface area contributed by atoms with Crippen molar-refractivity contribution in [3.05, 3.63) is 40.9 Å². The lowest BCUT2D eigenvalue weighted by Crippen LogP contribution is -2.19. The molecule has 21 heavy (non-hydrogen) atoms. The van der Waals surface area contributed by atoms with E-state index in [1.807, 2.05) is 36.1 Å². The number of aromatic nitrogens is 2. The first kappa shape index (κ1) is 14.2. The maximum absolute atomic E-state index is 6.22. The van der Waals surface area contributed by atoms with Crippen molar-refractivity contribution in [1.29, 1.82) is 0 Å². The Kier molecular flexibility index (Phi) is 4.31. The van der Waals surface area contributed by atoms with Gasteiger partial charge in [0.1, 0.15) is 19.0 Å². The molecule has 5 nitrogen and oxygen atoms in total. The maximum atomic E-state index is 6.22. The fourth-order valence-corrected chi connectivity index (χ4v) is 2.62. The number of hydrogen-bond donors (Lipinski definition) is 1. The molecule has 0 saturated carbocycles. The zero-order chi connectivity index (χ0) is 14.7. The second-order valence-electron chi connectivity index (χ2n) is 4.98. The van der Waals surface area contributed by atoms with E-state index in [4.69, 9.17) is 21.1 Å². The minimum atomic E-state index is 0.550. The van der Waals surface area contributed by atoms with E-state index in [-0.39, 0.29) is 0 Å². The Morgan fingerprint density at radius 3 is 3.00 bits per heavy atom. The summed E-state index contributed by atoms with van der Waals surface area (Å²) in [5.74, 6) is 2.46. The first-order chi connectivity index (χ1) is 10.2. The number of fused-ring (bicyclic) bond motifs is 1. The van der Waals surface area contributed by atoms with Crippen LogP contribution in [0.5, 0.6) is 11.5 Å². The van der Waals surface area contributed by atoms with Crippen molar-refractivity contribution in [2.75, 3.05) is 19.8 Å². The Hall–Kier alpha value is -1.72. The predicted molar refractivity (Wildman–Crippen MR) is 81.1 cm³/mol. The van der Waals surface area contributed by atoms with Crippen molar-refractivity contribution in [3.8, 4) is 11.5 Å². The molecule has 0 radical (unpaired) electrons. The maximum Gasteiger partial charge on any atom is 0.179 e. The average Bonchev–Trinajstić information content (AvgIpc) is 2.89. The Labute approximate surface area is 128 Å². The van der Waals surface area contributed by atoms with Crippen LogP contribution in [0.15, 0.2) is 24.5 Å². The molecule has 2 aromatic rings. The van der Waals surface area contributed by atoms with Crippen LogP contribution in [0.3, 0.4) is 0 Å². The van der Waals surface area contributed by atoms with Gasteiger partial charge in [0.15, 0.2) is 11.5 Å². The molecule has 112 valence electrons. The molecule has 2 heterocycles. The Balaban J connectivity index is 1.56. The van der Waals surface area contributed by atoms with Crippen LogP contribution in [0.2, 0.25) is 5.02 Å². The summed E-state index contributed by atoms with van der Waals surface area (Å²) in [5.41, 5.74) is 1.09. The number of ether oxygens (including phenoxy) is 2. The van der Waals surface area contributed by atoms with Crippen LogP contribution >= 0.6 is 11.6 Å². The molecule has 0 atom stereocenters. The van der Waals surface area contributed by atoms with Crippen molar-refractivity contribution in [3.63, 3.8) is 0 Å². The van der Waals surface area contributed by atoms with E-state index in [1.54, 1.807) is 0 Å². The molecule has 1 aliphatic heterocycles.